The van der Waals surface area contributed by atoms with Crippen molar-refractivity contribution in [3.05, 3.63) is 0 Å². The van der Waals surface area contributed by atoms with Crippen molar-refractivity contribution in [2.75, 3.05) is 32.4 Å². The van der Waals surface area contributed by atoms with Gasteiger partial charge in [0.15, 0.2) is 0 Å². The van der Waals surface area contributed by atoms with Crippen molar-refractivity contribution in [3.63, 3.8) is 0 Å². The van der Waals surface area contributed by atoms with Crippen molar-refractivity contribution >= 4 is 11.8 Å². The summed E-state index contributed by atoms with van der Waals surface area (Å²) in [6, 6.07) is 0. The average molecular weight is 172 g/mol. The van der Waals surface area contributed by atoms with E-state index in [0.717, 1.165) is 0 Å². The molecule has 0 aromatic heterocycles. The lowest BCUT2D eigenvalue weighted by Crippen LogP contribution is -2.47. The fourth-order valence-electron chi connectivity index (χ4n) is 2.03. The maximum atomic E-state index is 3.42. The van der Waals surface area contributed by atoms with Gasteiger partial charge in [-0.1, -0.05) is 0 Å². The Bertz CT molecular complexity index is 143. The van der Waals surface area contributed by atoms with E-state index >= 15 is 0 Å². The molecule has 64 valence electrons. The van der Waals surface area contributed by atoms with Crippen molar-refractivity contribution < 1.29 is 0 Å². The monoisotopic (exact) mass is 172 g/mol. The maximum absolute atomic E-state index is 3.42. The van der Waals surface area contributed by atoms with E-state index in [1.54, 1.807) is 0 Å². The van der Waals surface area contributed by atoms with Gasteiger partial charge in [-0.2, -0.15) is 0 Å². The molecule has 0 bridgehead atoms. The molecule has 0 amide bonds. The van der Waals surface area contributed by atoms with E-state index in [4.69, 9.17) is 0 Å². The lowest BCUT2D eigenvalue weighted by Gasteiger charge is -2.38. The molecule has 2 aliphatic rings. The minimum absolute atomic E-state index is 0.519. The van der Waals surface area contributed by atoms with Crippen LogP contribution in [-0.2, 0) is 0 Å². The molecule has 0 aromatic carbocycles. The molecule has 0 unspecified atom stereocenters. The second-order valence-corrected chi connectivity index (χ2v) is 4.92. The van der Waals surface area contributed by atoms with Crippen LogP contribution in [-0.4, -0.2) is 42.2 Å². The Hall–Kier alpha value is 0.270. The van der Waals surface area contributed by atoms with Crippen molar-refractivity contribution in [1.29, 1.82) is 0 Å². The predicted octanol–water partition coefficient (Wildman–Crippen LogP) is 0.745. The van der Waals surface area contributed by atoms with Gasteiger partial charge in [-0.15, -0.1) is 11.8 Å². The summed E-state index contributed by atoms with van der Waals surface area (Å²) in [5.74, 6) is 1.33. The quantitative estimate of drug-likeness (QED) is 0.580. The molecule has 1 N–H and O–H groups in total. The zero-order valence-electron chi connectivity index (χ0n) is 7.10. The third kappa shape index (κ3) is 1.30. The predicted molar refractivity (Wildman–Crippen MR) is 49.9 cm³/mol. The van der Waals surface area contributed by atoms with Gasteiger partial charge < -0.3 is 5.32 Å². The summed E-state index contributed by atoms with van der Waals surface area (Å²) in [5.41, 5.74) is 0. The number of piperidine rings is 1. The third-order valence-electron chi connectivity index (χ3n) is 2.88. The van der Waals surface area contributed by atoms with Gasteiger partial charge in [-0.25, -0.2) is 0 Å². The van der Waals surface area contributed by atoms with Gasteiger partial charge in [0.05, 0.1) is 4.87 Å². The second-order valence-electron chi connectivity index (χ2n) is 3.47. The van der Waals surface area contributed by atoms with Gasteiger partial charge in [0.2, 0.25) is 0 Å². The number of nitrogens with one attached hydrogen (secondary N) is 1. The van der Waals surface area contributed by atoms with Crippen LogP contribution in [0.25, 0.3) is 0 Å². The molecular formula is C8H16N2S. The topological polar surface area (TPSA) is 15.3 Å². The van der Waals surface area contributed by atoms with Crippen LogP contribution in [0.15, 0.2) is 0 Å². The van der Waals surface area contributed by atoms with Crippen LogP contribution < -0.4 is 5.32 Å². The Labute approximate surface area is 72.7 Å². The Kier molecular flexibility index (Phi) is 2.12. The van der Waals surface area contributed by atoms with Crippen LogP contribution in [0.4, 0.5) is 0 Å². The molecule has 0 saturated carbocycles. The fraction of sp³-hybridized carbons (Fsp3) is 1.00. The molecule has 2 rings (SSSR count). The molecule has 2 fully saturated rings. The van der Waals surface area contributed by atoms with Crippen LogP contribution in [0.3, 0.4) is 0 Å². The van der Waals surface area contributed by atoms with Gasteiger partial charge in [-0.3, -0.25) is 4.90 Å². The average Bonchev–Trinajstić information content (AvgIpc) is 2.36. The van der Waals surface area contributed by atoms with Crippen LogP contribution in [0.5, 0.6) is 0 Å². The van der Waals surface area contributed by atoms with Crippen molar-refractivity contribution in [1.82, 2.24) is 10.2 Å². The number of thioether (sulfide) groups is 1. The molecule has 0 radical (unpaired) electrons. The molecule has 2 aliphatic heterocycles. The number of nitrogens with zero attached hydrogens (tertiary/aromatic N) is 1. The Morgan fingerprint density at radius 1 is 1.36 bits per heavy atom. The van der Waals surface area contributed by atoms with Crippen molar-refractivity contribution in [3.8, 4) is 0 Å². The zero-order chi connectivity index (χ0) is 7.73. The molecule has 2 heterocycles. The lowest BCUT2D eigenvalue weighted by molar-refractivity contribution is 0.192. The highest BCUT2D eigenvalue weighted by Gasteiger charge is 2.39. The number of rotatable bonds is 0. The molecule has 3 heteroatoms. The second kappa shape index (κ2) is 2.96. The minimum atomic E-state index is 0.519. The molecular weight excluding hydrogens is 156 g/mol. The summed E-state index contributed by atoms with van der Waals surface area (Å²) < 4.78 is 0. The first-order chi connectivity index (χ1) is 5.33. The van der Waals surface area contributed by atoms with E-state index in [2.05, 4.69) is 29.0 Å². The standard InChI is InChI=1S/C8H16N2S/c1-10-6-7-11-8(10)2-4-9-5-3-8/h9H,2-7H2,1H3. The van der Waals surface area contributed by atoms with Crippen LogP contribution >= 0.6 is 11.8 Å². The van der Waals surface area contributed by atoms with Gasteiger partial charge in [0.1, 0.15) is 0 Å². The SMILES string of the molecule is CN1CCSC12CCNCC2. The van der Waals surface area contributed by atoms with Crippen molar-refractivity contribution in [2.24, 2.45) is 0 Å². The molecule has 0 aliphatic carbocycles. The number of hydrogen-bond donors (Lipinski definition) is 1. The molecule has 2 saturated heterocycles. The van der Waals surface area contributed by atoms with E-state index in [1.807, 2.05) is 0 Å². The van der Waals surface area contributed by atoms with Gasteiger partial charge in [-0.05, 0) is 33.0 Å². The first-order valence-corrected chi connectivity index (χ1v) is 5.38. The van der Waals surface area contributed by atoms with Gasteiger partial charge in [0, 0.05) is 12.3 Å². The highest BCUT2D eigenvalue weighted by Crippen LogP contribution is 2.41. The van der Waals surface area contributed by atoms with Crippen molar-refractivity contribution in [2.45, 2.75) is 17.7 Å². The van der Waals surface area contributed by atoms with E-state index in [1.165, 1.54) is 38.2 Å². The van der Waals surface area contributed by atoms with E-state index in [-0.39, 0.29) is 0 Å². The van der Waals surface area contributed by atoms with Crippen LogP contribution in [0, 0.1) is 0 Å². The van der Waals surface area contributed by atoms with Gasteiger partial charge in [0.25, 0.3) is 0 Å². The van der Waals surface area contributed by atoms with E-state index in [9.17, 15) is 0 Å². The van der Waals surface area contributed by atoms with Gasteiger partial charge >= 0.3 is 0 Å². The summed E-state index contributed by atoms with van der Waals surface area (Å²) >= 11 is 2.16. The highest BCUT2D eigenvalue weighted by atomic mass is 32.2. The zero-order valence-corrected chi connectivity index (χ0v) is 7.91. The molecule has 0 aromatic rings. The summed E-state index contributed by atoms with van der Waals surface area (Å²) in [6.07, 6.45) is 2.66. The smallest absolute Gasteiger partial charge is 0.0692 e. The lowest BCUT2D eigenvalue weighted by atomic mass is 10.0. The number of hydrogen-bond acceptors (Lipinski definition) is 3. The molecule has 11 heavy (non-hydrogen) atoms. The first-order valence-electron chi connectivity index (χ1n) is 4.39. The minimum Gasteiger partial charge on any atom is -0.317 e. The molecule has 0 atom stereocenters. The molecule has 1 spiro atoms. The van der Waals surface area contributed by atoms with E-state index < -0.39 is 0 Å². The maximum Gasteiger partial charge on any atom is 0.0692 e. The van der Waals surface area contributed by atoms with Crippen LogP contribution in [0.1, 0.15) is 12.8 Å². The Morgan fingerprint density at radius 3 is 2.64 bits per heavy atom. The summed E-state index contributed by atoms with van der Waals surface area (Å²) in [4.78, 5) is 3.06. The third-order valence-corrected chi connectivity index (χ3v) is 4.52. The first kappa shape index (κ1) is 7.90. The Balaban J connectivity index is 2.06. The largest absolute Gasteiger partial charge is 0.317 e. The highest BCUT2D eigenvalue weighted by molar-refractivity contribution is 8.00. The summed E-state index contributed by atoms with van der Waals surface area (Å²) in [6.45, 7) is 3.69. The fourth-order valence-corrected chi connectivity index (χ4v) is 3.58. The van der Waals surface area contributed by atoms with E-state index in [0.29, 0.717) is 4.87 Å². The summed E-state index contributed by atoms with van der Waals surface area (Å²) in [7, 11) is 2.27. The molecule has 2 nitrogen and oxygen atoms in total. The normalized spacial score (nSPS) is 31.4. The summed E-state index contributed by atoms with van der Waals surface area (Å²) in [5, 5.41) is 3.42. The Morgan fingerprint density at radius 2 is 2.09 bits per heavy atom. The van der Waals surface area contributed by atoms with Crippen LogP contribution in [0.2, 0.25) is 0 Å².